The van der Waals surface area contributed by atoms with Crippen molar-refractivity contribution in [3.63, 3.8) is 0 Å². The smallest absolute Gasteiger partial charge is 0.407 e. The molecule has 0 aliphatic heterocycles. The maximum absolute atomic E-state index is 15.3. The summed E-state index contributed by atoms with van der Waals surface area (Å²) in [5.74, 6) is -1.69. The molecule has 0 bridgehead atoms. The zero-order valence-corrected chi connectivity index (χ0v) is 38.1. The van der Waals surface area contributed by atoms with Gasteiger partial charge in [-0.3, -0.25) is 9.59 Å². The van der Waals surface area contributed by atoms with E-state index in [4.69, 9.17) is 9.47 Å². The molecule has 0 saturated heterocycles. The van der Waals surface area contributed by atoms with Crippen LogP contribution >= 0.6 is 0 Å². The average molecular weight is 910 g/mol. The van der Waals surface area contributed by atoms with Crippen LogP contribution in [0.25, 0.3) is 11.1 Å². The number of hydrogen-bond acceptors (Lipinski definition) is 6. The third kappa shape index (κ3) is 9.27. The molecule has 0 fully saturated rings. The number of fused-ring (bicyclic) bond motifs is 3. The number of esters is 1. The molecule has 3 amide bonds. The lowest BCUT2D eigenvalue weighted by Crippen LogP contribution is -2.49. The van der Waals surface area contributed by atoms with Crippen LogP contribution in [0.3, 0.4) is 0 Å². The van der Waals surface area contributed by atoms with E-state index in [9.17, 15) is 14.4 Å². The zero-order chi connectivity index (χ0) is 47.6. The molecule has 1 aliphatic rings. The molecule has 69 heavy (non-hydrogen) atoms. The van der Waals surface area contributed by atoms with Crippen LogP contribution in [-0.4, -0.2) is 43.6 Å². The maximum atomic E-state index is 15.3. The first-order valence-electron chi connectivity index (χ1n) is 23.1. The highest BCUT2D eigenvalue weighted by Crippen LogP contribution is 2.45. The van der Waals surface area contributed by atoms with Gasteiger partial charge in [-0.1, -0.05) is 212 Å². The molecule has 9 nitrogen and oxygen atoms in total. The highest BCUT2D eigenvalue weighted by Gasteiger charge is 2.43. The number of nitrogens with one attached hydrogen (secondary N) is 3. The summed E-state index contributed by atoms with van der Waals surface area (Å²) >= 11 is 0. The Morgan fingerprint density at radius 2 is 0.913 bits per heavy atom. The normalized spacial score (nSPS) is 12.4. The van der Waals surface area contributed by atoms with Crippen LogP contribution in [0.2, 0.25) is 0 Å². The van der Waals surface area contributed by atoms with Crippen LogP contribution < -0.4 is 16.0 Å². The van der Waals surface area contributed by atoms with E-state index in [1.807, 2.05) is 188 Å². The first-order chi connectivity index (χ1) is 33.8. The third-order valence-electron chi connectivity index (χ3n) is 12.9. The number of carbonyl (C=O) groups excluding carboxylic acids is 4. The summed E-state index contributed by atoms with van der Waals surface area (Å²) in [5, 5.41) is 8.89. The van der Waals surface area contributed by atoms with Gasteiger partial charge in [0, 0.05) is 41.6 Å². The number of alkyl carbamates (subject to hydrolysis) is 1. The second-order valence-corrected chi connectivity index (χ2v) is 16.9. The summed E-state index contributed by atoms with van der Waals surface area (Å²) in [6.07, 6.45) is -1.19. The minimum absolute atomic E-state index is 0.00547. The number of rotatable bonds is 16. The number of hydrogen-bond donors (Lipinski definition) is 3. The predicted octanol–water partition coefficient (Wildman–Crippen LogP) is 10.7. The molecule has 3 N–H and O–H groups in total. The van der Waals surface area contributed by atoms with E-state index in [0.29, 0.717) is 22.3 Å². The Hall–Kier alpha value is -8.56. The molecule has 8 aromatic rings. The van der Waals surface area contributed by atoms with Crippen molar-refractivity contribution in [2.45, 2.75) is 35.9 Å². The van der Waals surface area contributed by atoms with E-state index < -0.39 is 29.2 Å². The van der Waals surface area contributed by atoms with Gasteiger partial charge in [0.25, 0.3) is 5.91 Å². The SMILES string of the molecule is CNC(=O)c1ccc(C(OC(=O)[C@@H](CCC(=O)NC(c2ccccc2)(c2ccccc2)c2ccccc2)NC(=O)OCC2c3ccccc3-c3ccccc32)(c2ccccc2)c2ccccc2)cc1. The molecule has 0 aromatic heterocycles. The molecule has 342 valence electrons. The quantitative estimate of drug-likeness (QED) is 0.0656. The van der Waals surface area contributed by atoms with Crippen LogP contribution in [0.4, 0.5) is 4.79 Å². The van der Waals surface area contributed by atoms with Gasteiger partial charge in [0.15, 0.2) is 5.60 Å². The standard InChI is InChI=1S/C60H51N3O6/c1-61-56(65)42-35-37-48(38-36-42)60(46-27-13-5-14-28-46,47-29-15-6-16-30-47)69-57(66)54(62-58(67)68-41-53-51-33-19-17-31-49(51)50-32-18-20-34-52(50)53)39-40-55(64)63-59(43-21-7-2-8-22-43,44-23-9-3-10-24-44)45-25-11-4-12-26-45/h2-38,53-54H,39-41H2,1H3,(H,61,65)(H,62,67)(H,63,64)/t54-/m1/s1. The largest absolute Gasteiger partial charge is 0.449 e. The predicted molar refractivity (Wildman–Crippen MR) is 267 cm³/mol. The van der Waals surface area contributed by atoms with Gasteiger partial charge < -0.3 is 25.4 Å². The van der Waals surface area contributed by atoms with Crippen LogP contribution in [0.5, 0.6) is 0 Å². The van der Waals surface area contributed by atoms with E-state index in [1.165, 1.54) is 0 Å². The van der Waals surface area contributed by atoms with E-state index in [2.05, 4.69) is 28.1 Å². The van der Waals surface area contributed by atoms with Crippen LogP contribution in [0.15, 0.2) is 224 Å². The number of carbonyl (C=O) groups is 4. The molecule has 9 rings (SSSR count). The second-order valence-electron chi connectivity index (χ2n) is 16.9. The van der Waals surface area contributed by atoms with Crippen molar-refractivity contribution in [3.05, 3.63) is 275 Å². The fourth-order valence-electron chi connectivity index (χ4n) is 9.60. The van der Waals surface area contributed by atoms with Gasteiger partial charge in [0.1, 0.15) is 18.2 Å². The lowest BCUT2D eigenvalue weighted by Gasteiger charge is -2.37. The fraction of sp³-hybridized carbons (Fsp3) is 0.133. The molecule has 1 atom stereocenters. The molecule has 0 saturated carbocycles. The van der Waals surface area contributed by atoms with Crippen LogP contribution in [0, 0.1) is 0 Å². The molecule has 0 unspecified atom stereocenters. The summed E-state index contributed by atoms with van der Waals surface area (Å²) < 4.78 is 12.9. The Balaban J connectivity index is 1.07. The summed E-state index contributed by atoms with van der Waals surface area (Å²) in [6, 6.07) is 69.5. The molecular weight excluding hydrogens is 859 g/mol. The van der Waals surface area contributed by atoms with Crippen LogP contribution in [0.1, 0.15) is 73.6 Å². The number of ether oxygens (including phenoxy) is 2. The molecule has 0 spiro atoms. The average Bonchev–Trinajstić information content (AvgIpc) is 3.74. The van der Waals surface area contributed by atoms with Gasteiger partial charge in [-0.15, -0.1) is 0 Å². The highest BCUT2D eigenvalue weighted by molar-refractivity contribution is 5.94. The van der Waals surface area contributed by atoms with Gasteiger partial charge in [-0.05, 0) is 57.5 Å². The van der Waals surface area contributed by atoms with E-state index in [1.54, 1.807) is 31.3 Å². The van der Waals surface area contributed by atoms with Crippen molar-refractivity contribution >= 4 is 23.9 Å². The molecule has 0 heterocycles. The van der Waals surface area contributed by atoms with E-state index >= 15 is 4.79 Å². The van der Waals surface area contributed by atoms with E-state index in [-0.39, 0.29) is 37.2 Å². The van der Waals surface area contributed by atoms with Crippen LogP contribution in [-0.2, 0) is 30.2 Å². The summed E-state index contributed by atoms with van der Waals surface area (Å²) in [7, 11) is 1.56. The lowest BCUT2D eigenvalue weighted by atomic mass is 9.77. The van der Waals surface area contributed by atoms with Crippen molar-refractivity contribution in [1.82, 2.24) is 16.0 Å². The number of amides is 3. The Morgan fingerprint density at radius 1 is 0.507 bits per heavy atom. The third-order valence-corrected chi connectivity index (χ3v) is 12.9. The van der Waals surface area contributed by atoms with Gasteiger partial charge in [-0.25, -0.2) is 9.59 Å². The lowest BCUT2D eigenvalue weighted by molar-refractivity contribution is -0.156. The highest BCUT2D eigenvalue weighted by atomic mass is 16.6. The molecule has 1 aliphatic carbocycles. The topological polar surface area (TPSA) is 123 Å². The Bertz CT molecular complexity index is 2860. The monoisotopic (exact) mass is 909 g/mol. The summed E-state index contributed by atoms with van der Waals surface area (Å²) in [6.45, 7) is 0.00547. The van der Waals surface area contributed by atoms with Crippen molar-refractivity contribution in [2.75, 3.05) is 13.7 Å². The second kappa shape index (κ2) is 20.5. The minimum atomic E-state index is -1.58. The Kier molecular flexibility index (Phi) is 13.6. The van der Waals surface area contributed by atoms with Crippen molar-refractivity contribution in [2.24, 2.45) is 0 Å². The molecular formula is C60H51N3O6. The van der Waals surface area contributed by atoms with Gasteiger partial charge in [0.2, 0.25) is 5.91 Å². The van der Waals surface area contributed by atoms with Crippen molar-refractivity contribution in [3.8, 4) is 11.1 Å². The van der Waals surface area contributed by atoms with E-state index in [0.717, 1.165) is 38.9 Å². The maximum Gasteiger partial charge on any atom is 0.407 e. The molecule has 8 aromatic carbocycles. The minimum Gasteiger partial charge on any atom is -0.449 e. The van der Waals surface area contributed by atoms with Crippen molar-refractivity contribution < 1.29 is 28.7 Å². The zero-order valence-electron chi connectivity index (χ0n) is 38.1. The van der Waals surface area contributed by atoms with Gasteiger partial charge in [0.05, 0.1) is 0 Å². The fourth-order valence-corrected chi connectivity index (χ4v) is 9.60. The molecule has 9 heteroatoms. The van der Waals surface area contributed by atoms with Gasteiger partial charge >= 0.3 is 12.1 Å². The van der Waals surface area contributed by atoms with Gasteiger partial charge in [-0.2, -0.15) is 0 Å². The first-order valence-corrected chi connectivity index (χ1v) is 23.1. The summed E-state index contributed by atoms with van der Waals surface area (Å²) in [4.78, 5) is 57.0. The molecule has 0 radical (unpaired) electrons. The Morgan fingerprint density at radius 3 is 1.36 bits per heavy atom. The number of benzene rings is 8. The van der Waals surface area contributed by atoms with Crippen molar-refractivity contribution in [1.29, 1.82) is 0 Å². The Labute approximate surface area is 402 Å². The summed E-state index contributed by atoms with van der Waals surface area (Å²) in [5.41, 5.74) is 6.25. The first kappa shape index (κ1) is 45.6.